The van der Waals surface area contributed by atoms with Crippen molar-refractivity contribution in [1.29, 1.82) is 0 Å². The average molecular weight is 476 g/mol. The third-order valence-electron chi connectivity index (χ3n) is 4.50. The van der Waals surface area contributed by atoms with E-state index in [0.29, 0.717) is 22.1 Å². The molecule has 2 aromatic rings. The van der Waals surface area contributed by atoms with Crippen molar-refractivity contribution in [2.24, 2.45) is 11.0 Å². The molecule has 33 heavy (non-hydrogen) atoms. The Morgan fingerprint density at radius 3 is 2.45 bits per heavy atom. The Bertz CT molecular complexity index is 1030. The molecule has 0 heterocycles. The number of nitrogens with one attached hydrogen (secondary N) is 2. The van der Waals surface area contributed by atoms with Gasteiger partial charge in [-0.25, -0.2) is 10.2 Å². The Kier molecular flexibility index (Phi) is 9.68. The number of carbonyl (C=O) groups excluding carboxylic acids is 3. The fraction of sp³-hybridized carbons (Fsp3) is 0.304. The van der Waals surface area contributed by atoms with Crippen molar-refractivity contribution in [3.05, 3.63) is 58.6 Å². The van der Waals surface area contributed by atoms with Gasteiger partial charge in [0, 0.05) is 0 Å². The van der Waals surface area contributed by atoms with Gasteiger partial charge in [0.05, 0.1) is 31.0 Å². The minimum absolute atomic E-state index is 0.196. The molecule has 0 aliphatic rings. The van der Waals surface area contributed by atoms with Crippen molar-refractivity contribution < 1.29 is 28.6 Å². The average Bonchev–Trinajstić information content (AvgIpc) is 2.80. The van der Waals surface area contributed by atoms with Crippen LogP contribution in [0, 0.1) is 5.92 Å². The van der Waals surface area contributed by atoms with Crippen LogP contribution in [0.4, 0.5) is 0 Å². The van der Waals surface area contributed by atoms with E-state index in [-0.39, 0.29) is 18.1 Å². The van der Waals surface area contributed by atoms with E-state index >= 15 is 0 Å². The Morgan fingerprint density at radius 1 is 1.09 bits per heavy atom. The van der Waals surface area contributed by atoms with E-state index in [9.17, 15) is 14.4 Å². The fourth-order valence-electron chi connectivity index (χ4n) is 2.72. The summed E-state index contributed by atoms with van der Waals surface area (Å²) in [7, 11) is 2.72. The second-order valence-corrected chi connectivity index (χ2v) is 7.59. The predicted octanol–water partition coefficient (Wildman–Crippen LogP) is 2.81. The molecule has 0 saturated heterocycles. The number of esters is 1. The van der Waals surface area contributed by atoms with Crippen LogP contribution in [0.5, 0.6) is 11.5 Å². The first-order chi connectivity index (χ1) is 15.8. The molecule has 176 valence electrons. The van der Waals surface area contributed by atoms with Crippen molar-refractivity contribution in [1.82, 2.24) is 10.7 Å². The normalized spacial score (nSPS) is 11.7. The SMILES string of the molecule is COC(=O)COc1ccc(C=NNC(=O)C(NC(=O)c2ccccc2Cl)C(C)C)cc1OC. The van der Waals surface area contributed by atoms with Crippen LogP contribution >= 0.6 is 11.6 Å². The van der Waals surface area contributed by atoms with Gasteiger partial charge in [0.25, 0.3) is 11.8 Å². The molecule has 0 saturated carbocycles. The molecular formula is C23H26ClN3O6. The maximum Gasteiger partial charge on any atom is 0.343 e. The zero-order valence-electron chi connectivity index (χ0n) is 18.8. The molecule has 0 aliphatic carbocycles. The minimum Gasteiger partial charge on any atom is -0.493 e. The molecule has 0 aromatic heterocycles. The van der Waals surface area contributed by atoms with Crippen molar-refractivity contribution in [2.75, 3.05) is 20.8 Å². The molecule has 2 aromatic carbocycles. The number of hydrogen-bond donors (Lipinski definition) is 2. The van der Waals surface area contributed by atoms with Gasteiger partial charge >= 0.3 is 5.97 Å². The number of hydrogen-bond acceptors (Lipinski definition) is 7. The van der Waals surface area contributed by atoms with E-state index in [1.807, 2.05) is 0 Å². The summed E-state index contributed by atoms with van der Waals surface area (Å²) in [5.41, 5.74) is 3.32. The monoisotopic (exact) mass is 475 g/mol. The first-order valence-corrected chi connectivity index (χ1v) is 10.4. The van der Waals surface area contributed by atoms with Crippen molar-refractivity contribution in [3.63, 3.8) is 0 Å². The summed E-state index contributed by atoms with van der Waals surface area (Å²) in [5, 5.41) is 6.95. The highest BCUT2D eigenvalue weighted by atomic mass is 35.5. The van der Waals surface area contributed by atoms with Gasteiger partial charge < -0.3 is 19.5 Å². The number of carbonyl (C=O) groups is 3. The van der Waals surface area contributed by atoms with E-state index in [4.69, 9.17) is 21.1 Å². The number of halogens is 1. The summed E-state index contributed by atoms with van der Waals surface area (Å²) < 4.78 is 15.2. The smallest absolute Gasteiger partial charge is 0.343 e. The lowest BCUT2D eigenvalue weighted by Gasteiger charge is -2.20. The molecule has 1 unspecified atom stereocenters. The largest absolute Gasteiger partial charge is 0.493 e. The van der Waals surface area contributed by atoms with E-state index in [1.54, 1.807) is 56.3 Å². The van der Waals surface area contributed by atoms with Gasteiger partial charge in [-0.2, -0.15) is 5.10 Å². The quantitative estimate of drug-likeness (QED) is 0.310. The highest BCUT2D eigenvalue weighted by Gasteiger charge is 2.25. The van der Waals surface area contributed by atoms with Gasteiger partial charge in [0.15, 0.2) is 18.1 Å². The van der Waals surface area contributed by atoms with Gasteiger partial charge in [0.2, 0.25) is 0 Å². The van der Waals surface area contributed by atoms with Crippen LogP contribution in [-0.2, 0) is 14.3 Å². The first kappa shape index (κ1) is 25.7. The van der Waals surface area contributed by atoms with Gasteiger partial charge in [0.1, 0.15) is 6.04 Å². The van der Waals surface area contributed by atoms with Crippen LogP contribution < -0.4 is 20.2 Å². The topological polar surface area (TPSA) is 115 Å². The van der Waals surface area contributed by atoms with Crippen LogP contribution in [0.15, 0.2) is 47.6 Å². The maximum absolute atomic E-state index is 12.6. The Balaban J connectivity index is 2.03. The summed E-state index contributed by atoms with van der Waals surface area (Å²) in [6.45, 7) is 3.35. The molecule has 0 spiro atoms. The Morgan fingerprint density at radius 2 is 1.82 bits per heavy atom. The molecule has 9 nitrogen and oxygen atoms in total. The van der Waals surface area contributed by atoms with E-state index in [1.165, 1.54) is 20.4 Å². The summed E-state index contributed by atoms with van der Waals surface area (Å²) in [6.07, 6.45) is 1.41. The molecule has 0 aliphatic heterocycles. The molecule has 1 atom stereocenters. The molecule has 10 heteroatoms. The first-order valence-electron chi connectivity index (χ1n) is 10.0. The summed E-state index contributed by atoms with van der Waals surface area (Å²) >= 11 is 6.06. The van der Waals surface area contributed by atoms with Crippen LogP contribution in [0.1, 0.15) is 29.8 Å². The highest BCUT2D eigenvalue weighted by molar-refractivity contribution is 6.33. The molecule has 0 bridgehead atoms. The standard InChI is InChI=1S/C23H26ClN3O6/c1-14(2)21(26-22(29)16-7-5-6-8-17(16)24)23(30)27-25-12-15-9-10-18(19(11-15)31-3)33-13-20(28)32-4/h5-12,14,21H,13H2,1-4H3,(H,26,29)(H,27,30). The number of benzene rings is 2. The van der Waals surface area contributed by atoms with Gasteiger partial charge in [-0.3, -0.25) is 9.59 Å². The highest BCUT2D eigenvalue weighted by Crippen LogP contribution is 2.27. The number of methoxy groups -OCH3 is 2. The lowest BCUT2D eigenvalue weighted by atomic mass is 10.0. The number of ether oxygens (including phenoxy) is 3. The zero-order chi connectivity index (χ0) is 24.4. The van der Waals surface area contributed by atoms with Crippen LogP contribution in [-0.4, -0.2) is 50.9 Å². The molecule has 2 rings (SSSR count). The molecule has 0 radical (unpaired) electrons. The summed E-state index contributed by atoms with van der Waals surface area (Å²) in [4.78, 5) is 36.4. The third-order valence-corrected chi connectivity index (χ3v) is 4.83. The second kappa shape index (κ2) is 12.4. The maximum atomic E-state index is 12.6. The van der Waals surface area contributed by atoms with Crippen LogP contribution in [0.25, 0.3) is 0 Å². The van der Waals surface area contributed by atoms with Crippen molar-refractivity contribution >= 4 is 35.6 Å². The van der Waals surface area contributed by atoms with E-state index < -0.39 is 23.8 Å². The van der Waals surface area contributed by atoms with Crippen LogP contribution in [0.2, 0.25) is 5.02 Å². The van der Waals surface area contributed by atoms with E-state index in [0.717, 1.165) is 0 Å². The lowest BCUT2D eigenvalue weighted by Crippen LogP contribution is -2.48. The van der Waals surface area contributed by atoms with Crippen molar-refractivity contribution in [3.8, 4) is 11.5 Å². The van der Waals surface area contributed by atoms with Gasteiger partial charge in [-0.15, -0.1) is 0 Å². The predicted molar refractivity (Wildman–Crippen MR) is 124 cm³/mol. The molecular weight excluding hydrogens is 450 g/mol. The number of amides is 2. The van der Waals surface area contributed by atoms with Gasteiger partial charge in [-0.1, -0.05) is 37.6 Å². The molecule has 2 amide bonds. The second-order valence-electron chi connectivity index (χ2n) is 7.18. The van der Waals surface area contributed by atoms with Crippen LogP contribution in [0.3, 0.4) is 0 Å². The fourth-order valence-corrected chi connectivity index (χ4v) is 2.94. The lowest BCUT2D eigenvalue weighted by molar-refractivity contribution is -0.142. The Labute approximate surface area is 197 Å². The summed E-state index contributed by atoms with van der Waals surface area (Å²) in [6, 6.07) is 10.7. The third kappa shape index (κ3) is 7.50. The van der Waals surface area contributed by atoms with E-state index in [2.05, 4.69) is 20.6 Å². The number of nitrogens with zero attached hydrogens (tertiary/aromatic N) is 1. The van der Waals surface area contributed by atoms with Gasteiger partial charge in [-0.05, 0) is 41.8 Å². The zero-order valence-corrected chi connectivity index (χ0v) is 19.5. The Hall–Kier alpha value is -3.59. The molecule has 0 fully saturated rings. The number of hydrazone groups is 1. The molecule has 2 N–H and O–H groups in total. The van der Waals surface area contributed by atoms with Crippen molar-refractivity contribution in [2.45, 2.75) is 19.9 Å². The summed E-state index contributed by atoms with van der Waals surface area (Å²) in [5.74, 6) is -0.922. The number of rotatable bonds is 10. The minimum atomic E-state index is -0.824.